The molecule has 2 saturated heterocycles. The highest BCUT2D eigenvalue weighted by atomic mass is 35.5. The molecule has 1 amide bonds. The third-order valence-corrected chi connectivity index (χ3v) is 9.04. The van der Waals surface area contributed by atoms with Crippen molar-refractivity contribution in [3.8, 4) is 17.3 Å². The Kier molecular flexibility index (Phi) is 9.11. The van der Waals surface area contributed by atoms with Gasteiger partial charge in [0.15, 0.2) is 5.82 Å². The SMILES string of the molecule is CO[C@@H]1C[C@@H](COc2nc(N3CCN(C(=O)/C(C)=C/CF)CC3)c3cnc(-c4cccc5cccc(Cl)c45)c(F)c3n2)N(C)C1. The third-order valence-electron chi connectivity index (χ3n) is 8.73. The molecule has 0 spiro atoms. The van der Waals surface area contributed by atoms with Crippen LogP contribution in [0.1, 0.15) is 13.3 Å². The molecule has 9 nitrogen and oxygen atoms in total. The number of ether oxygens (including phenoxy) is 2. The van der Waals surface area contributed by atoms with Crippen LogP contribution >= 0.6 is 11.6 Å². The first-order valence-corrected chi connectivity index (χ1v) is 15.3. The summed E-state index contributed by atoms with van der Waals surface area (Å²) in [6.45, 7) is 3.67. The van der Waals surface area contributed by atoms with Gasteiger partial charge in [0, 0.05) is 73.6 Å². The summed E-state index contributed by atoms with van der Waals surface area (Å²) in [7, 11) is 3.71. The van der Waals surface area contributed by atoms with E-state index in [9.17, 15) is 9.18 Å². The first-order chi connectivity index (χ1) is 21.8. The Bertz CT molecular complexity index is 1760. The first-order valence-electron chi connectivity index (χ1n) is 15.0. The van der Waals surface area contributed by atoms with Gasteiger partial charge in [0.25, 0.3) is 0 Å². The quantitative estimate of drug-likeness (QED) is 0.241. The van der Waals surface area contributed by atoms with Crippen molar-refractivity contribution in [2.45, 2.75) is 25.5 Å². The molecule has 2 aromatic carbocycles. The van der Waals surface area contributed by atoms with Gasteiger partial charge in [0.05, 0.1) is 11.5 Å². The minimum absolute atomic E-state index is 0.0546. The molecule has 2 aliphatic heterocycles. The third kappa shape index (κ3) is 6.16. The number of fused-ring (bicyclic) bond motifs is 2. The fourth-order valence-electron chi connectivity index (χ4n) is 6.15. The van der Waals surface area contributed by atoms with Crippen molar-refractivity contribution in [1.82, 2.24) is 24.8 Å². The van der Waals surface area contributed by atoms with E-state index in [-0.39, 0.29) is 35.3 Å². The number of rotatable bonds is 8. The van der Waals surface area contributed by atoms with E-state index in [0.717, 1.165) is 18.4 Å². The summed E-state index contributed by atoms with van der Waals surface area (Å²) in [6, 6.07) is 11.2. The van der Waals surface area contributed by atoms with Crippen LogP contribution in [-0.2, 0) is 9.53 Å². The van der Waals surface area contributed by atoms with E-state index in [4.69, 9.17) is 26.1 Å². The zero-order chi connectivity index (χ0) is 31.7. The van der Waals surface area contributed by atoms with Gasteiger partial charge in [-0.15, -0.1) is 0 Å². The normalized spacial score (nSPS) is 19.6. The second-order valence-corrected chi connectivity index (χ2v) is 11.9. The van der Waals surface area contributed by atoms with E-state index in [1.807, 2.05) is 36.2 Å². The van der Waals surface area contributed by atoms with Crippen molar-refractivity contribution >= 4 is 45.0 Å². The second-order valence-electron chi connectivity index (χ2n) is 11.5. The predicted octanol–water partition coefficient (Wildman–Crippen LogP) is 5.30. The first kappa shape index (κ1) is 31.1. The topological polar surface area (TPSA) is 83.9 Å². The summed E-state index contributed by atoms with van der Waals surface area (Å²) >= 11 is 6.58. The molecule has 236 valence electrons. The molecule has 0 aliphatic carbocycles. The Morgan fingerprint density at radius 3 is 2.60 bits per heavy atom. The van der Waals surface area contributed by atoms with E-state index in [2.05, 4.69) is 14.9 Å². The Morgan fingerprint density at radius 2 is 1.89 bits per heavy atom. The monoisotopic (exact) mass is 636 g/mol. The largest absolute Gasteiger partial charge is 0.462 e. The van der Waals surface area contributed by atoms with Crippen molar-refractivity contribution in [1.29, 1.82) is 0 Å². The average Bonchev–Trinajstić information content (AvgIpc) is 3.43. The zero-order valence-electron chi connectivity index (χ0n) is 25.5. The molecule has 2 fully saturated rings. The van der Waals surface area contributed by atoms with Gasteiger partial charge in [-0.25, -0.2) is 8.78 Å². The van der Waals surface area contributed by atoms with Crippen molar-refractivity contribution in [2.75, 3.05) is 65.1 Å². The summed E-state index contributed by atoms with van der Waals surface area (Å²) in [4.78, 5) is 32.5. The maximum absolute atomic E-state index is 16.6. The smallest absolute Gasteiger partial charge is 0.319 e. The lowest BCUT2D eigenvalue weighted by molar-refractivity contribution is -0.127. The van der Waals surface area contributed by atoms with Crippen LogP contribution in [0.5, 0.6) is 6.01 Å². The van der Waals surface area contributed by atoms with Crippen LogP contribution in [0.15, 0.2) is 54.2 Å². The van der Waals surface area contributed by atoms with Crippen LogP contribution in [0.3, 0.4) is 0 Å². The van der Waals surface area contributed by atoms with Crippen molar-refractivity contribution < 1.29 is 23.0 Å². The number of carbonyl (C=O) groups excluding carboxylic acids is 1. The van der Waals surface area contributed by atoms with E-state index < -0.39 is 12.5 Å². The van der Waals surface area contributed by atoms with E-state index >= 15 is 4.39 Å². The molecule has 6 rings (SSSR count). The van der Waals surface area contributed by atoms with Crippen LogP contribution in [0.2, 0.25) is 5.02 Å². The molecular formula is C33H35ClF2N6O3. The summed E-state index contributed by atoms with van der Waals surface area (Å²) < 4.78 is 41.1. The summed E-state index contributed by atoms with van der Waals surface area (Å²) in [5.74, 6) is -0.335. The minimum atomic E-state index is -0.693. The standard InChI is InChI=1S/C33H35ClF2N6O3/c1-20(10-11-35)32(43)42-14-12-41(13-15-42)31-25-17-37-29(24-8-4-6-21-7-5-9-26(34)27(21)24)28(36)30(25)38-33(39-31)45-19-22-16-23(44-3)18-40(22)2/h4-10,17,22-23H,11-16,18-19H2,1-3H3/b20-10+/t22-,23+/m0/s1. The van der Waals surface area contributed by atoms with Crippen molar-refractivity contribution in [3.63, 3.8) is 0 Å². The molecule has 2 aromatic heterocycles. The highest BCUT2D eigenvalue weighted by Gasteiger charge is 2.31. The molecule has 4 heterocycles. The number of methoxy groups -OCH3 is 1. The number of hydrogen-bond acceptors (Lipinski definition) is 8. The number of pyridine rings is 1. The number of allylic oxidation sites excluding steroid dienone is 1. The molecule has 45 heavy (non-hydrogen) atoms. The van der Waals surface area contributed by atoms with Crippen LogP contribution in [0.4, 0.5) is 14.6 Å². The van der Waals surface area contributed by atoms with Crippen LogP contribution < -0.4 is 9.64 Å². The molecule has 0 radical (unpaired) electrons. The molecule has 0 saturated carbocycles. The number of piperazine rings is 1. The molecular weight excluding hydrogens is 602 g/mol. The number of likely N-dealkylation sites (N-methyl/N-ethyl adjacent to an activating group) is 1. The number of likely N-dealkylation sites (tertiary alicyclic amines) is 1. The highest BCUT2D eigenvalue weighted by Crippen LogP contribution is 2.37. The maximum atomic E-state index is 16.6. The van der Waals surface area contributed by atoms with Gasteiger partial charge in [-0.1, -0.05) is 41.9 Å². The van der Waals surface area contributed by atoms with Gasteiger partial charge in [-0.05, 0) is 37.9 Å². The Hall–Kier alpha value is -3.93. The Balaban J connectivity index is 1.38. The van der Waals surface area contributed by atoms with Crippen LogP contribution in [0.25, 0.3) is 32.9 Å². The zero-order valence-corrected chi connectivity index (χ0v) is 26.2. The van der Waals surface area contributed by atoms with Crippen molar-refractivity contribution in [2.24, 2.45) is 0 Å². The maximum Gasteiger partial charge on any atom is 0.319 e. The molecule has 2 atom stereocenters. The highest BCUT2D eigenvalue weighted by molar-refractivity contribution is 6.36. The number of halogens is 3. The number of carbonyl (C=O) groups is 1. The number of amides is 1. The second kappa shape index (κ2) is 13.2. The summed E-state index contributed by atoms with van der Waals surface area (Å²) in [6.07, 6.45) is 3.77. The van der Waals surface area contributed by atoms with Gasteiger partial charge in [-0.2, -0.15) is 9.97 Å². The van der Waals surface area contributed by atoms with E-state index in [0.29, 0.717) is 65.5 Å². The molecule has 0 N–H and O–H groups in total. The number of aromatic nitrogens is 3. The fraction of sp³-hybridized carbons (Fsp3) is 0.394. The number of anilines is 1. The molecule has 2 aliphatic rings. The van der Waals surface area contributed by atoms with Gasteiger partial charge < -0.3 is 19.3 Å². The van der Waals surface area contributed by atoms with Gasteiger partial charge in [0.1, 0.15) is 30.3 Å². The Morgan fingerprint density at radius 1 is 1.13 bits per heavy atom. The summed E-state index contributed by atoms with van der Waals surface area (Å²) in [5.41, 5.74) is 1.14. The predicted molar refractivity (Wildman–Crippen MR) is 171 cm³/mol. The number of hydrogen-bond donors (Lipinski definition) is 0. The molecule has 12 heteroatoms. The molecule has 0 bridgehead atoms. The van der Waals surface area contributed by atoms with Crippen LogP contribution in [0, 0.1) is 5.82 Å². The van der Waals surface area contributed by atoms with Gasteiger partial charge in [0.2, 0.25) is 5.91 Å². The lowest BCUT2D eigenvalue weighted by Crippen LogP contribution is -2.49. The lowest BCUT2D eigenvalue weighted by Gasteiger charge is -2.36. The van der Waals surface area contributed by atoms with E-state index in [1.165, 1.54) is 6.08 Å². The number of alkyl halides is 1. The number of nitrogens with zero attached hydrogens (tertiary/aromatic N) is 6. The summed E-state index contributed by atoms with van der Waals surface area (Å²) in [5, 5.41) is 2.50. The molecule has 4 aromatic rings. The Labute approximate surface area is 265 Å². The molecule has 0 unspecified atom stereocenters. The average molecular weight is 637 g/mol. The van der Waals surface area contributed by atoms with Crippen LogP contribution in [-0.4, -0.2) is 103 Å². The lowest BCUT2D eigenvalue weighted by atomic mass is 10.0. The van der Waals surface area contributed by atoms with Gasteiger partial charge in [-0.3, -0.25) is 14.7 Å². The fourth-order valence-corrected chi connectivity index (χ4v) is 6.43. The van der Waals surface area contributed by atoms with E-state index in [1.54, 1.807) is 37.3 Å². The van der Waals surface area contributed by atoms with Gasteiger partial charge >= 0.3 is 6.01 Å². The van der Waals surface area contributed by atoms with Crippen molar-refractivity contribution in [3.05, 3.63) is 65.1 Å². The minimum Gasteiger partial charge on any atom is -0.462 e. The number of benzene rings is 2.